The van der Waals surface area contributed by atoms with E-state index in [1.54, 1.807) is 12.1 Å². The van der Waals surface area contributed by atoms with Crippen LogP contribution in [0.3, 0.4) is 0 Å². The molecule has 1 aliphatic heterocycles. The van der Waals surface area contributed by atoms with Crippen molar-refractivity contribution < 1.29 is 9.84 Å². The first-order valence-corrected chi connectivity index (χ1v) is 4.77. The smallest absolute Gasteiger partial charge is 0.152 e. The van der Waals surface area contributed by atoms with Gasteiger partial charge in [0.2, 0.25) is 0 Å². The van der Waals surface area contributed by atoms with Gasteiger partial charge in [-0.2, -0.15) is 0 Å². The number of ether oxygens (including phenoxy) is 1. The van der Waals surface area contributed by atoms with E-state index in [4.69, 9.17) is 16.3 Å². The van der Waals surface area contributed by atoms with Crippen LogP contribution in [-0.2, 0) is 4.74 Å². The predicted octanol–water partition coefficient (Wildman–Crippen LogP) is 2.07. The molecule has 1 unspecified atom stereocenters. The number of hydrogen-bond acceptors (Lipinski definition) is 3. The van der Waals surface area contributed by atoms with Crippen LogP contribution in [0.25, 0.3) is 0 Å². The van der Waals surface area contributed by atoms with Gasteiger partial charge >= 0.3 is 0 Å². The molecule has 0 saturated heterocycles. The molecule has 4 heteroatoms. The van der Waals surface area contributed by atoms with Crippen LogP contribution in [0.4, 0.5) is 0 Å². The van der Waals surface area contributed by atoms with Crippen LogP contribution in [0.2, 0.25) is 5.02 Å². The Bertz CT molecular complexity index is 348. The Labute approximate surface area is 87.0 Å². The zero-order valence-electron chi connectivity index (χ0n) is 7.48. The fraction of sp³-hybridized carbons (Fsp3) is 0.300. The number of hydrogen-bond donors (Lipinski definition) is 1. The van der Waals surface area contributed by atoms with Crippen molar-refractivity contribution in [1.82, 2.24) is 4.98 Å². The number of aliphatic hydroxyl groups is 1. The van der Waals surface area contributed by atoms with Gasteiger partial charge in [-0.05, 0) is 18.2 Å². The summed E-state index contributed by atoms with van der Waals surface area (Å²) in [4.78, 5) is 4.02. The van der Waals surface area contributed by atoms with Crippen LogP contribution in [0.5, 0.6) is 0 Å². The highest BCUT2D eigenvalue weighted by molar-refractivity contribution is 6.30. The topological polar surface area (TPSA) is 42.4 Å². The molecule has 0 fully saturated rings. The zero-order chi connectivity index (χ0) is 9.97. The molecule has 1 N–H and O–H groups in total. The minimum Gasteiger partial charge on any atom is -0.495 e. The lowest BCUT2D eigenvalue weighted by Crippen LogP contribution is -2.04. The molecule has 14 heavy (non-hydrogen) atoms. The Hall–Kier alpha value is -1.06. The molecular weight excluding hydrogens is 202 g/mol. The molecule has 2 rings (SSSR count). The van der Waals surface area contributed by atoms with Crippen LogP contribution < -0.4 is 0 Å². The lowest BCUT2D eigenvalue weighted by molar-refractivity contribution is 0.116. The van der Waals surface area contributed by atoms with Crippen LogP contribution in [0.1, 0.15) is 18.2 Å². The highest BCUT2D eigenvalue weighted by atomic mass is 35.5. The molecule has 0 aromatic carbocycles. The van der Waals surface area contributed by atoms with Crippen molar-refractivity contribution in [3.63, 3.8) is 0 Å². The third kappa shape index (κ3) is 1.89. The average Bonchev–Trinajstić information content (AvgIpc) is 2.71. The first-order chi connectivity index (χ1) is 6.77. The van der Waals surface area contributed by atoms with Crippen molar-refractivity contribution >= 4 is 11.6 Å². The van der Waals surface area contributed by atoms with Crippen molar-refractivity contribution in [3.05, 3.63) is 40.9 Å². The lowest BCUT2D eigenvalue weighted by Gasteiger charge is -2.11. The van der Waals surface area contributed by atoms with Crippen molar-refractivity contribution in [2.75, 3.05) is 6.61 Å². The van der Waals surface area contributed by atoms with E-state index in [0.29, 0.717) is 23.1 Å². The van der Waals surface area contributed by atoms with Gasteiger partial charge in [-0.25, -0.2) is 0 Å². The molecule has 0 spiro atoms. The summed E-state index contributed by atoms with van der Waals surface area (Å²) in [5.74, 6) is 0.583. The monoisotopic (exact) mass is 211 g/mol. The number of aromatic nitrogens is 1. The maximum Gasteiger partial charge on any atom is 0.152 e. The van der Waals surface area contributed by atoms with E-state index in [2.05, 4.69) is 4.98 Å². The second-order valence-electron chi connectivity index (χ2n) is 3.05. The highest BCUT2D eigenvalue weighted by Gasteiger charge is 2.18. The molecule has 0 saturated carbocycles. The summed E-state index contributed by atoms with van der Waals surface area (Å²) in [6.45, 7) is 0.639. The zero-order valence-corrected chi connectivity index (χ0v) is 8.24. The third-order valence-electron chi connectivity index (χ3n) is 2.03. The molecule has 1 aliphatic rings. The number of pyridine rings is 1. The van der Waals surface area contributed by atoms with Crippen LogP contribution in [0, 0.1) is 0 Å². The minimum absolute atomic E-state index is 0.558. The Morgan fingerprint density at radius 1 is 1.50 bits per heavy atom. The van der Waals surface area contributed by atoms with Gasteiger partial charge < -0.3 is 9.84 Å². The van der Waals surface area contributed by atoms with E-state index in [-0.39, 0.29) is 0 Å². The summed E-state index contributed by atoms with van der Waals surface area (Å²) >= 11 is 5.69. The van der Waals surface area contributed by atoms with Crippen LogP contribution in [0.15, 0.2) is 30.2 Å². The second-order valence-corrected chi connectivity index (χ2v) is 3.48. The van der Waals surface area contributed by atoms with Crippen molar-refractivity contribution in [2.24, 2.45) is 0 Å². The van der Waals surface area contributed by atoms with E-state index >= 15 is 0 Å². The summed E-state index contributed by atoms with van der Waals surface area (Å²) in [5.41, 5.74) is 0.558. The Morgan fingerprint density at radius 2 is 2.36 bits per heavy atom. The molecule has 2 heterocycles. The molecule has 3 nitrogen and oxygen atoms in total. The summed E-state index contributed by atoms with van der Waals surface area (Å²) in [6.07, 6.45) is 3.46. The largest absolute Gasteiger partial charge is 0.495 e. The highest BCUT2D eigenvalue weighted by Crippen LogP contribution is 2.25. The minimum atomic E-state index is -0.769. The van der Waals surface area contributed by atoms with Crippen molar-refractivity contribution in [3.8, 4) is 0 Å². The molecule has 0 radical (unpaired) electrons. The standard InChI is InChI=1S/C10H10ClNO2/c11-7-3-4-8(12-6-7)10(13)9-2-1-5-14-9/h2-4,6,10,13H,1,5H2. The first-order valence-electron chi connectivity index (χ1n) is 4.40. The molecular formula is C10H10ClNO2. The van der Waals surface area contributed by atoms with Gasteiger partial charge in [-0.15, -0.1) is 0 Å². The van der Waals surface area contributed by atoms with E-state index in [1.165, 1.54) is 6.20 Å². The first kappa shape index (κ1) is 9.49. The summed E-state index contributed by atoms with van der Waals surface area (Å²) < 4.78 is 5.24. The quantitative estimate of drug-likeness (QED) is 0.815. The predicted molar refractivity (Wildman–Crippen MR) is 52.9 cm³/mol. The Morgan fingerprint density at radius 3 is 2.93 bits per heavy atom. The summed E-state index contributed by atoms with van der Waals surface area (Å²) in [5, 5.41) is 10.4. The summed E-state index contributed by atoms with van der Waals surface area (Å²) in [6, 6.07) is 3.39. The molecule has 74 valence electrons. The fourth-order valence-corrected chi connectivity index (χ4v) is 1.43. The number of rotatable bonds is 2. The van der Waals surface area contributed by atoms with E-state index in [1.807, 2.05) is 6.08 Å². The van der Waals surface area contributed by atoms with Crippen molar-refractivity contribution in [2.45, 2.75) is 12.5 Å². The van der Waals surface area contributed by atoms with E-state index in [0.717, 1.165) is 6.42 Å². The second kappa shape index (κ2) is 3.98. The van der Waals surface area contributed by atoms with Gasteiger partial charge in [-0.3, -0.25) is 4.98 Å². The third-order valence-corrected chi connectivity index (χ3v) is 2.26. The van der Waals surface area contributed by atoms with E-state index in [9.17, 15) is 5.11 Å². The number of aliphatic hydroxyl groups excluding tert-OH is 1. The molecule has 0 aliphatic carbocycles. The molecule has 1 atom stereocenters. The SMILES string of the molecule is OC(C1=CCCO1)c1ccc(Cl)cn1. The normalized spacial score (nSPS) is 17.4. The Kier molecular flexibility index (Phi) is 2.70. The molecule has 0 amide bonds. The van der Waals surface area contributed by atoms with Gasteiger partial charge in [0.05, 0.1) is 17.3 Å². The number of halogens is 1. The lowest BCUT2D eigenvalue weighted by atomic mass is 10.2. The molecule has 1 aromatic rings. The maximum absolute atomic E-state index is 9.81. The number of nitrogens with zero attached hydrogens (tertiary/aromatic N) is 1. The van der Waals surface area contributed by atoms with Gasteiger partial charge in [0.1, 0.15) is 5.76 Å². The van der Waals surface area contributed by atoms with Crippen LogP contribution >= 0.6 is 11.6 Å². The van der Waals surface area contributed by atoms with Crippen molar-refractivity contribution in [1.29, 1.82) is 0 Å². The molecule has 0 bridgehead atoms. The maximum atomic E-state index is 9.81. The van der Waals surface area contributed by atoms with Crippen LogP contribution in [-0.4, -0.2) is 16.7 Å². The van der Waals surface area contributed by atoms with E-state index < -0.39 is 6.10 Å². The Balaban J connectivity index is 2.18. The fourth-order valence-electron chi connectivity index (χ4n) is 1.32. The average molecular weight is 212 g/mol. The van der Waals surface area contributed by atoms with Gasteiger partial charge in [-0.1, -0.05) is 11.6 Å². The van der Waals surface area contributed by atoms with Gasteiger partial charge in [0.25, 0.3) is 0 Å². The summed E-state index contributed by atoms with van der Waals surface area (Å²) in [7, 11) is 0. The molecule has 1 aromatic heterocycles. The van der Waals surface area contributed by atoms with Gasteiger partial charge in [0.15, 0.2) is 6.10 Å². The van der Waals surface area contributed by atoms with Gasteiger partial charge in [0, 0.05) is 12.6 Å².